The molecule has 6 nitrogen and oxygen atoms in total. The van der Waals surface area contributed by atoms with Gasteiger partial charge in [-0.2, -0.15) is 9.61 Å². The predicted octanol–water partition coefficient (Wildman–Crippen LogP) is 3.37. The van der Waals surface area contributed by atoms with E-state index in [0.717, 1.165) is 53.9 Å². The molecular weight excluding hydrogens is 457 g/mol. The monoisotopic (exact) mass is 485 g/mol. The minimum atomic E-state index is 0.0768. The van der Waals surface area contributed by atoms with Crippen molar-refractivity contribution < 1.29 is 4.79 Å². The first-order valence-corrected chi connectivity index (χ1v) is 12.5. The van der Waals surface area contributed by atoms with Gasteiger partial charge in [-0.05, 0) is 48.3 Å². The Balaban J connectivity index is 1.22. The fourth-order valence-electron chi connectivity index (χ4n) is 4.87. The summed E-state index contributed by atoms with van der Waals surface area (Å²) in [4.78, 5) is 19.7. The number of fused-ring (bicyclic) bond motifs is 2. The van der Waals surface area contributed by atoms with Crippen LogP contribution >= 0.6 is 11.6 Å². The van der Waals surface area contributed by atoms with Gasteiger partial charge in [-0.1, -0.05) is 54.1 Å². The van der Waals surface area contributed by atoms with E-state index in [0.29, 0.717) is 18.1 Å². The van der Waals surface area contributed by atoms with Crippen LogP contribution in [0.2, 0.25) is 5.02 Å². The smallest absolute Gasteiger partial charge is 0.225 e. The predicted molar refractivity (Wildman–Crippen MR) is 144 cm³/mol. The van der Waals surface area contributed by atoms with Crippen molar-refractivity contribution in [3.63, 3.8) is 0 Å². The van der Waals surface area contributed by atoms with E-state index in [2.05, 4.69) is 34.7 Å². The number of amides is 1. The molecule has 2 heterocycles. The second kappa shape index (κ2) is 10.1. The van der Waals surface area contributed by atoms with E-state index in [1.165, 1.54) is 11.1 Å². The molecule has 0 spiro atoms. The number of hydrogen-bond donors (Lipinski definition) is 1. The average molecular weight is 486 g/mol. The molecule has 0 fully saturated rings. The third-order valence-electron chi connectivity index (χ3n) is 6.85. The van der Waals surface area contributed by atoms with Crippen molar-refractivity contribution >= 4 is 42.3 Å². The van der Waals surface area contributed by atoms with Gasteiger partial charge in [0.1, 0.15) is 13.7 Å². The van der Waals surface area contributed by atoms with Gasteiger partial charge in [0.2, 0.25) is 5.91 Å². The minimum Gasteiger partial charge on any atom is -0.370 e. The molecule has 8 heteroatoms. The third kappa shape index (κ3) is 4.91. The molecule has 1 N–H and O–H groups in total. The zero-order valence-corrected chi connectivity index (χ0v) is 20.9. The van der Waals surface area contributed by atoms with Gasteiger partial charge < -0.3 is 10.2 Å². The van der Waals surface area contributed by atoms with E-state index in [1.807, 2.05) is 60.8 Å². The van der Waals surface area contributed by atoms with Crippen molar-refractivity contribution in [2.75, 3.05) is 25.5 Å². The van der Waals surface area contributed by atoms with Gasteiger partial charge in [0.15, 0.2) is 5.65 Å². The van der Waals surface area contributed by atoms with Gasteiger partial charge in [-0.25, -0.2) is 4.98 Å². The van der Waals surface area contributed by atoms with Crippen LogP contribution < -0.4 is 10.8 Å². The molecule has 0 saturated heterocycles. The van der Waals surface area contributed by atoms with Crippen molar-refractivity contribution in [3.05, 3.63) is 76.9 Å². The van der Waals surface area contributed by atoms with Crippen LogP contribution in [0.5, 0.6) is 0 Å². The molecule has 178 valence electrons. The lowest BCUT2D eigenvalue weighted by molar-refractivity contribution is -0.134. The number of nitrogens with one attached hydrogen (secondary N) is 1. The number of hydrogen-bond acceptors (Lipinski definition) is 4. The van der Waals surface area contributed by atoms with E-state index in [9.17, 15) is 4.79 Å². The summed E-state index contributed by atoms with van der Waals surface area (Å²) in [6.45, 7) is 1.42. The highest BCUT2D eigenvalue weighted by atomic mass is 35.5. The molecule has 0 aliphatic heterocycles. The lowest BCUT2D eigenvalue weighted by atomic mass is 9.83. The van der Waals surface area contributed by atoms with Gasteiger partial charge in [0, 0.05) is 48.9 Å². The van der Waals surface area contributed by atoms with Crippen LogP contribution in [0.3, 0.4) is 0 Å². The first-order valence-electron chi connectivity index (χ1n) is 12.2. The van der Waals surface area contributed by atoms with Crippen LogP contribution in [0.25, 0.3) is 16.9 Å². The molecule has 0 saturated carbocycles. The van der Waals surface area contributed by atoms with Crippen molar-refractivity contribution in [1.82, 2.24) is 19.5 Å². The highest BCUT2D eigenvalue weighted by Crippen LogP contribution is 2.29. The summed E-state index contributed by atoms with van der Waals surface area (Å²) < 4.78 is 1.82. The van der Waals surface area contributed by atoms with Gasteiger partial charge in [0.25, 0.3) is 0 Å². The first kappa shape index (κ1) is 23.4. The Kier molecular flexibility index (Phi) is 6.78. The molecule has 4 aromatic rings. The van der Waals surface area contributed by atoms with Crippen LogP contribution in [0.4, 0.5) is 5.82 Å². The van der Waals surface area contributed by atoms with Crippen LogP contribution in [0.1, 0.15) is 24.0 Å². The molecule has 0 radical (unpaired) electrons. The number of aryl methyl sites for hydroxylation is 1. The standard InChI is InChI=1S/C27H29BClN5O/c1-33(27(35)20-12-11-18-7-2-3-8-19(18)15-20)14-6-13-30-25-16-24(21-9-4-5-10-23(21)29)32-26-22(28)17-31-34(25)26/h2-5,7-10,16-17,20,30H,6,11-15,28H2,1H3. The van der Waals surface area contributed by atoms with E-state index in [-0.39, 0.29) is 11.8 Å². The van der Waals surface area contributed by atoms with E-state index < -0.39 is 0 Å². The Morgan fingerprint density at radius 1 is 1.20 bits per heavy atom. The molecule has 5 rings (SSSR count). The minimum absolute atomic E-state index is 0.0768. The van der Waals surface area contributed by atoms with Gasteiger partial charge in [-0.3, -0.25) is 4.79 Å². The second-order valence-electron chi connectivity index (χ2n) is 9.32. The average Bonchev–Trinajstić information content (AvgIpc) is 3.26. The number of rotatable bonds is 7. The number of nitrogens with zero attached hydrogens (tertiary/aromatic N) is 4. The fraction of sp³-hybridized carbons (Fsp3) is 0.296. The highest BCUT2D eigenvalue weighted by molar-refractivity contribution is 6.36. The Bertz CT molecular complexity index is 1370. The maximum absolute atomic E-state index is 13.1. The summed E-state index contributed by atoms with van der Waals surface area (Å²) in [6.07, 6.45) is 5.40. The van der Waals surface area contributed by atoms with Crippen LogP contribution in [0.15, 0.2) is 60.8 Å². The zero-order valence-electron chi connectivity index (χ0n) is 20.2. The molecule has 2 aromatic heterocycles. The van der Waals surface area contributed by atoms with E-state index >= 15 is 0 Å². The summed E-state index contributed by atoms with van der Waals surface area (Å²) in [5, 5.41) is 8.65. The van der Waals surface area contributed by atoms with Crippen molar-refractivity contribution in [1.29, 1.82) is 0 Å². The summed E-state index contributed by atoms with van der Waals surface area (Å²) in [5.74, 6) is 1.18. The molecular formula is C27H29BClN5O. The van der Waals surface area contributed by atoms with Crippen molar-refractivity contribution in [2.24, 2.45) is 5.92 Å². The van der Waals surface area contributed by atoms with Crippen LogP contribution in [-0.4, -0.2) is 53.4 Å². The molecule has 0 bridgehead atoms. The molecule has 1 aliphatic carbocycles. The molecule has 2 aromatic carbocycles. The first-order chi connectivity index (χ1) is 17.0. The summed E-state index contributed by atoms with van der Waals surface area (Å²) in [6, 6.07) is 18.2. The highest BCUT2D eigenvalue weighted by Gasteiger charge is 2.26. The molecule has 35 heavy (non-hydrogen) atoms. The number of benzene rings is 2. The molecule has 1 unspecified atom stereocenters. The quantitative estimate of drug-likeness (QED) is 0.322. The Morgan fingerprint density at radius 2 is 1.97 bits per heavy atom. The lowest BCUT2D eigenvalue weighted by Crippen LogP contribution is -2.36. The number of halogens is 1. The van der Waals surface area contributed by atoms with Gasteiger partial charge in [-0.15, -0.1) is 0 Å². The molecule has 1 aliphatic rings. The summed E-state index contributed by atoms with van der Waals surface area (Å²) in [7, 11) is 3.92. The SMILES string of the molecule is Bc1cnn2c(NCCCN(C)C(=O)C3CCc4ccccc4C3)cc(-c3ccccc3Cl)nc12. The summed E-state index contributed by atoms with van der Waals surface area (Å²) >= 11 is 6.44. The lowest BCUT2D eigenvalue weighted by Gasteiger charge is -2.28. The fourth-order valence-corrected chi connectivity index (χ4v) is 5.10. The topological polar surface area (TPSA) is 62.5 Å². The second-order valence-corrected chi connectivity index (χ2v) is 9.73. The van der Waals surface area contributed by atoms with E-state index in [1.54, 1.807) is 0 Å². The van der Waals surface area contributed by atoms with E-state index in [4.69, 9.17) is 16.6 Å². The van der Waals surface area contributed by atoms with Gasteiger partial charge in [0.05, 0.1) is 5.69 Å². The summed E-state index contributed by atoms with van der Waals surface area (Å²) in [5.41, 5.74) is 6.20. The van der Waals surface area contributed by atoms with Crippen LogP contribution in [-0.2, 0) is 17.6 Å². The molecule has 1 amide bonds. The maximum Gasteiger partial charge on any atom is 0.225 e. The maximum atomic E-state index is 13.1. The Morgan fingerprint density at radius 3 is 2.80 bits per heavy atom. The zero-order chi connectivity index (χ0) is 24.4. The van der Waals surface area contributed by atoms with Crippen LogP contribution in [0, 0.1) is 5.92 Å². The molecule has 1 atom stereocenters. The number of carbonyl (C=O) groups is 1. The Labute approximate surface area is 211 Å². The van der Waals surface area contributed by atoms with Crippen molar-refractivity contribution in [3.8, 4) is 11.3 Å². The Hall–Kier alpha value is -3.32. The number of carbonyl (C=O) groups excluding carboxylic acids is 1. The number of aromatic nitrogens is 3. The normalized spacial score (nSPS) is 15.1. The number of anilines is 1. The van der Waals surface area contributed by atoms with Crippen molar-refractivity contribution in [2.45, 2.75) is 25.7 Å². The largest absolute Gasteiger partial charge is 0.370 e. The van der Waals surface area contributed by atoms with Gasteiger partial charge >= 0.3 is 0 Å². The third-order valence-corrected chi connectivity index (χ3v) is 7.18.